The van der Waals surface area contributed by atoms with E-state index in [1.807, 2.05) is 26.8 Å². The van der Waals surface area contributed by atoms with Crippen LogP contribution in [0.25, 0.3) is 5.65 Å². The Balaban J connectivity index is 1.79. The molecule has 132 valence electrons. The van der Waals surface area contributed by atoms with Crippen molar-refractivity contribution in [3.05, 3.63) is 53.1 Å². The van der Waals surface area contributed by atoms with Crippen molar-refractivity contribution in [1.82, 2.24) is 14.6 Å². The SMILES string of the molecule is Cc1cc(NCCS(=O)(=O)c2ccc(F)cc2)n2nc(C)c(C)c2n1. The van der Waals surface area contributed by atoms with Crippen LogP contribution in [0.5, 0.6) is 0 Å². The monoisotopic (exact) mass is 362 g/mol. The number of nitrogens with zero attached hydrogens (tertiary/aromatic N) is 3. The molecular formula is C17H19FN4O2S. The van der Waals surface area contributed by atoms with Crippen LogP contribution in [-0.4, -0.2) is 35.3 Å². The topological polar surface area (TPSA) is 76.4 Å². The number of hydrogen-bond donors (Lipinski definition) is 1. The third kappa shape index (κ3) is 3.48. The summed E-state index contributed by atoms with van der Waals surface area (Å²) in [7, 11) is -3.49. The fraction of sp³-hybridized carbons (Fsp3) is 0.294. The van der Waals surface area contributed by atoms with E-state index in [9.17, 15) is 12.8 Å². The maximum Gasteiger partial charge on any atom is 0.180 e. The molecule has 0 radical (unpaired) electrons. The van der Waals surface area contributed by atoms with Crippen LogP contribution in [-0.2, 0) is 9.84 Å². The Hall–Kier alpha value is -2.48. The van der Waals surface area contributed by atoms with Crippen LogP contribution in [0.3, 0.4) is 0 Å². The van der Waals surface area contributed by atoms with Crippen LogP contribution in [0.2, 0.25) is 0 Å². The van der Waals surface area contributed by atoms with Crippen molar-refractivity contribution >= 4 is 21.3 Å². The number of aromatic nitrogens is 3. The van der Waals surface area contributed by atoms with Gasteiger partial charge in [-0.2, -0.15) is 9.61 Å². The first-order chi connectivity index (χ1) is 11.8. The first-order valence-corrected chi connectivity index (χ1v) is 9.49. The predicted octanol–water partition coefficient (Wildman–Crippen LogP) is 2.68. The largest absolute Gasteiger partial charge is 0.369 e. The van der Waals surface area contributed by atoms with E-state index in [2.05, 4.69) is 15.4 Å². The Bertz CT molecular complexity index is 1030. The second-order valence-electron chi connectivity index (χ2n) is 5.93. The Morgan fingerprint density at radius 1 is 1.16 bits per heavy atom. The van der Waals surface area contributed by atoms with Crippen molar-refractivity contribution in [1.29, 1.82) is 0 Å². The average Bonchev–Trinajstić information content (AvgIpc) is 2.83. The van der Waals surface area contributed by atoms with E-state index in [-0.39, 0.29) is 17.2 Å². The van der Waals surface area contributed by atoms with Gasteiger partial charge in [-0.3, -0.25) is 0 Å². The molecular weight excluding hydrogens is 343 g/mol. The average molecular weight is 362 g/mol. The number of sulfone groups is 1. The molecule has 1 aromatic carbocycles. The van der Waals surface area contributed by atoms with Gasteiger partial charge in [0.15, 0.2) is 15.5 Å². The molecule has 0 aliphatic heterocycles. The first-order valence-electron chi connectivity index (χ1n) is 7.84. The van der Waals surface area contributed by atoms with Crippen LogP contribution >= 0.6 is 0 Å². The molecule has 0 atom stereocenters. The molecule has 0 spiro atoms. The van der Waals surface area contributed by atoms with Gasteiger partial charge >= 0.3 is 0 Å². The normalized spacial score (nSPS) is 11.8. The van der Waals surface area contributed by atoms with Gasteiger partial charge in [-0.05, 0) is 45.0 Å². The molecule has 2 heterocycles. The lowest BCUT2D eigenvalue weighted by Gasteiger charge is -2.10. The molecule has 3 aromatic rings. The summed E-state index contributed by atoms with van der Waals surface area (Å²) in [5.41, 5.74) is 3.44. The van der Waals surface area contributed by atoms with E-state index in [4.69, 9.17) is 0 Å². The van der Waals surface area contributed by atoms with E-state index in [1.54, 1.807) is 4.52 Å². The maximum absolute atomic E-state index is 12.9. The summed E-state index contributed by atoms with van der Waals surface area (Å²) < 4.78 is 39.3. The zero-order valence-corrected chi connectivity index (χ0v) is 15.1. The van der Waals surface area contributed by atoms with Gasteiger partial charge in [0.25, 0.3) is 0 Å². The summed E-state index contributed by atoms with van der Waals surface area (Å²) in [5.74, 6) is 0.116. The number of aryl methyl sites for hydroxylation is 3. The molecule has 0 amide bonds. The molecule has 3 rings (SSSR count). The second-order valence-corrected chi connectivity index (χ2v) is 8.04. The highest BCUT2D eigenvalue weighted by Crippen LogP contribution is 2.18. The van der Waals surface area contributed by atoms with Crippen molar-refractivity contribution in [2.45, 2.75) is 25.7 Å². The van der Waals surface area contributed by atoms with Gasteiger partial charge in [-0.15, -0.1) is 0 Å². The van der Waals surface area contributed by atoms with Gasteiger partial charge in [0.05, 0.1) is 16.3 Å². The Morgan fingerprint density at radius 2 is 1.84 bits per heavy atom. The molecule has 25 heavy (non-hydrogen) atoms. The minimum atomic E-state index is -3.49. The fourth-order valence-corrected chi connectivity index (χ4v) is 3.71. The number of halogens is 1. The van der Waals surface area contributed by atoms with Crippen LogP contribution in [0.15, 0.2) is 35.2 Å². The fourth-order valence-electron chi connectivity index (χ4n) is 2.55. The molecule has 8 heteroatoms. The van der Waals surface area contributed by atoms with Crippen molar-refractivity contribution in [2.24, 2.45) is 0 Å². The number of fused-ring (bicyclic) bond motifs is 1. The van der Waals surface area contributed by atoms with Gasteiger partial charge < -0.3 is 5.32 Å². The minimum Gasteiger partial charge on any atom is -0.369 e. The van der Waals surface area contributed by atoms with E-state index >= 15 is 0 Å². The minimum absolute atomic E-state index is 0.109. The highest BCUT2D eigenvalue weighted by atomic mass is 32.2. The quantitative estimate of drug-likeness (QED) is 0.706. The van der Waals surface area contributed by atoms with Crippen molar-refractivity contribution in [3.63, 3.8) is 0 Å². The smallest absolute Gasteiger partial charge is 0.180 e. The van der Waals surface area contributed by atoms with Gasteiger partial charge in [0.1, 0.15) is 11.6 Å². The number of hydrogen-bond acceptors (Lipinski definition) is 5. The summed E-state index contributed by atoms with van der Waals surface area (Å²) in [4.78, 5) is 4.58. The van der Waals surface area contributed by atoms with Gasteiger partial charge in [-0.1, -0.05) is 0 Å². The molecule has 0 saturated heterocycles. The molecule has 6 nitrogen and oxygen atoms in total. The van der Waals surface area contributed by atoms with E-state index in [0.29, 0.717) is 5.82 Å². The van der Waals surface area contributed by atoms with Crippen LogP contribution in [0, 0.1) is 26.6 Å². The Kier molecular flexibility index (Phi) is 4.47. The standard InChI is InChI=1S/C17H19FN4O2S/c1-11-10-16(22-17(20-11)12(2)13(3)21-22)19-8-9-25(23,24)15-6-4-14(18)5-7-15/h4-7,10,19H,8-9H2,1-3H3. The van der Waals surface area contributed by atoms with E-state index < -0.39 is 15.7 Å². The lowest BCUT2D eigenvalue weighted by atomic mass is 10.3. The third-order valence-electron chi connectivity index (χ3n) is 4.03. The number of rotatable bonds is 5. The second kappa shape index (κ2) is 6.44. The zero-order valence-electron chi connectivity index (χ0n) is 14.2. The third-order valence-corrected chi connectivity index (χ3v) is 5.77. The lowest BCUT2D eigenvalue weighted by Crippen LogP contribution is -2.17. The summed E-state index contributed by atoms with van der Waals surface area (Å²) in [6, 6.07) is 6.67. The molecule has 0 saturated carbocycles. The van der Waals surface area contributed by atoms with Crippen molar-refractivity contribution < 1.29 is 12.8 Å². The summed E-state index contributed by atoms with van der Waals surface area (Å²) >= 11 is 0. The summed E-state index contributed by atoms with van der Waals surface area (Å²) in [5, 5.41) is 7.55. The molecule has 0 aliphatic rings. The highest BCUT2D eigenvalue weighted by molar-refractivity contribution is 7.91. The van der Waals surface area contributed by atoms with Gasteiger partial charge in [-0.25, -0.2) is 17.8 Å². The molecule has 0 fully saturated rings. The molecule has 0 aliphatic carbocycles. The Labute approximate surface area is 145 Å². The molecule has 0 bridgehead atoms. The summed E-state index contributed by atoms with van der Waals surface area (Å²) in [6.45, 7) is 5.94. The van der Waals surface area contributed by atoms with E-state index in [0.717, 1.165) is 34.7 Å². The summed E-state index contributed by atoms with van der Waals surface area (Å²) in [6.07, 6.45) is 0. The van der Waals surface area contributed by atoms with Crippen LogP contribution in [0.1, 0.15) is 17.0 Å². The number of nitrogens with one attached hydrogen (secondary N) is 1. The number of anilines is 1. The predicted molar refractivity (Wildman–Crippen MR) is 94.1 cm³/mol. The van der Waals surface area contributed by atoms with E-state index in [1.165, 1.54) is 12.1 Å². The van der Waals surface area contributed by atoms with Gasteiger partial charge in [0, 0.05) is 23.9 Å². The van der Waals surface area contributed by atoms with Gasteiger partial charge in [0.2, 0.25) is 0 Å². The van der Waals surface area contributed by atoms with Crippen LogP contribution < -0.4 is 5.32 Å². The lowest BCUT2D eigenvalue weighted by molar-refractivity contribution is 0.595. The van der Waals surface area contributed by atoms with Crippen molar-refractivity contribution in [2.75, 3.05) is 17.6 Å². The molecule has 2 aromatic heterocycles. The highest BCUT2D eigenvalue weighted by Gasteiger charge is 2.15. The Morgan fingerprint density at radius 3 is 2.52 bits per heavy atom. The number of benzene rings is 1. The zero-order chi connectivity index (χ0) is 18.2. The molecule has 0 unspecified atom stereocenters. The van der Waals surface area contributed by atoms with Crippen LogP contribution in [0.4, 0.5) is 10.2 Å². The first kappa shape index (κ1) is 17.3. The maximum atomic E-state index is 12.9. The molecule has 1 N–H and O–H groups in total. The van der Waals surface area contributed by atoms with Crippen molar-refractivity contribution in [3.8, 4) is 0 Å².